The van der Waals surface area contributed by atoms with E-state index in [1.54, 1.807) is 4.90 Å². The summed E-state index contributed by atoms with van der Waals surface area (Å²) in [5.41, 5.74) is 0.709. The van der Waals surface area contributed by atoms with Crippen LogP contribution in [-0.2, 0) is 0 Å². The summed E-state index contributed by atoms with van der Waals surface area (Å²) in [5, 5.41) is 10.7. The molecule has 0 spiro atoms. The summed E-state index contributed by atoms with van der Waals surface area (Å²) in [6, 6.07) is 9.25. The predicted octanol–water partition coefficient (Wildman–Crippen LogP) is 1.22. The van der Waals surface area contributed by atoms with Gasteiger partial charge >= 0.3 is 0 Å². The van der Waals surface area contributed by atoms with Gasteiger partial charge in [-0.15, -0.1) is 0 Å². The lowest BCUT2D eigenvalue weighted by Gasteiger charge is -2.36. The van der Waals surface area contributed by atoms with Crippen molar-refractivity contribution in [2.45, 2.75) is 13.0 Å². The molecule has 1 aromatic rings. The second-order valence-corrected chi connectivity index (χ2v) is 4.13. The second kappa shape index (κ2) is 4.63. The summed E-state index contributed by atoms with van der Waals surface area (Å²) >= 11 is 0. The first-order valence-electron chi connectivity index (χ1n) is 5.48. The number of rotatable bonds is 1. The molecule has 0 unspecified atom stereocenters. The largest absolute Gasteiger partial charge is 0.336 e. The summed E-state index contributed by atoms with van der Waals surface area (Å²) in [7, 11) is 0. The van der Waals surface area contributed by atoms with E-state index in [9.17, 15) is 10.0 Å². The second-order valence-electron chi connectivity index (χ2n) is 4.13. The highest BCUT2D eigenvalue weighted by molar-refractivity contribution is 5.94. The van der Waals surface area contributed by atoms with Gasteiger partial charge in [-0.25, -0.2) is 0 Å². The van der Waals surface area contributed by atoms with E-state index in [0.717, 1.165) is 0 Å². The summed E-state index contributed by atoms with van der Waals surface area (Å²) in [6.07, 6.45) is 0. The van der Waals surface area contributed by atoms with Crippen LogP contribution >= 0.6 is 0 Å². The molecule has 4 heteroatoms. The van der Waals surface area contributed by atoms with Crippen molar-refractivity contribution >= 4 is 5.91 Å². The van der Waals surface area contributed by atoms with Gasteiger partial charge in [-0.3, -0.25) is 4.79 Å². The molecule has 0 saturated carbocycles. The minimum absolute atomic E-state index is 0.00131. The van der Waals surface area contributed by atoms with E-state index in [4.69, 9.17) is 0 Å². The van der Waals surface area contributed by atoms with Gasteiger partial charge < -0.3 is 10.1 Å². The zero-order valence-corrected chi connectivity index (χ0v) is 9.34. The molecule has 86 valence electrons. The maximum absolute atomic E-state index is 12.1. The fourth-order valence-corrected chi connectivity index (χ4v) is 1.90. The van der Waals surface area contributed by atoms with Crippen LogP contribution in [0, 0.1) is 0 Å². The average molecular weight is 220 g/mol. The first kappa shape index (κ1) is 11.1. The van der Waals surface area contributed by atoms with Crippen LogP contribution in [0.3, 0.4) is 0 Å². The van der Waals surface area contributed by atoms with Crippen LogP contribution in [-0.4, -0.2) is 46.8 Å². The van der Waals surface area contributed by atoms with Crippen LogP contribution in [0.15, 0.2) is 30.3 Å². The molecule has 1 aromatic carbocycles. The molecule has 0 aliphatic carbocycles. The summed E-state index contributed by atoms with van der Waals surface area (Å²) in [4.78, 5) is 13.9. The van der Waals surface area contributed by atoms with Gasteiger partial charge in [-0.05, 0) is 19.1 Å². The maximum atomic E-state index is 12.1. The van der Waals surface area contributed by atoms with Gasteiger partial charge in [0.15, 0.2) is 0 Å². The molecule has 1 aliphatic heterocycles. The summed E-state index contributed by atoms with van der Waals surface area (Å²) < 4.78 is 0. The minimum Gasteiger partial charge on any atom is -0.336 e. The van der Waals surface area contributed by atoms with Crippen LogP contribution < -0.4 is 0 Å². The van der Waals surface area contributed by atoms with Crippen LogP contribution in [0.5, 0.6) is 0 Å². The van der Waals surface area contributed by atoms with Crippen molar-refractivity contribution in [3.8, 4) is 0 Å². The fraction of sp³-hybridized carbons (Fsp3) is 0.417. The third kappa shape index (κ3) is 2.23. The lowest BCUT2D eigenvalue weighted by molar-refractivity contribution is -0.144. The molecule has 16 heavy (non-hydrogen) atoms. The molecular formula is C12H16N2O2. The Morgan fingerprint density at radius 1 is 1.31 bits per heavy atom. The quantitative estimate of drug-likeness (QED) is 0.774. The van der Waals surface area contributed by atoms with Gasteiger partial charge in [0.1, 0.15) is 0 Å². The number of carbonyl (C=O) groups is 1. The molecule has 2 rings (SSSR count). The number of hydroxylamine groups is 2. The Morgan fingerprint density at radius 2 is 2.00 bits per heavy atom. The molecule has 1 aliphatic rings. The van der Waals surface area contributed by atoms with Crippen LogP contribution in [0.4, 0.5) is 0 Å². The molecule has 1 heterocycles. The van der Waals surface area contributed by atoms with Crippen molar-refractivity contribution in [3.63, 3.8) is 0 Å². The number of amides is 1. The monoisotopic (exact) mass is 220 g/mol. The third-order valence-corrected chi connectivity index (χ3v) is 2.90. The highest BCUT2D eigenvalue weighted by Gasteiger charge is 2.25. The Balaban J connectivity index is 2.06. The molecular weight excluding hydrogens is 204 g/mol. The molecule has 1 fully saturated rings. The molecule has 0 radical (unpaired) electrons. The summed E-state index contributed by atoms with van der Waals surface area (Å²) in [5.74, 6) is 0.0422. The zero-order chi connectivity index (χ0) is 11.5. The van der Waals surface area contributed by atoms with Crippen LogP contribution in [0.1, 0.15) is 17.3 Å². The van der Waals surface area contributed by atoms with Crippen molar-refractivity contribution in [1.82, 2.24) is 9.96 Å². The number of hydrogen-bond acceptors (Lipinski definition) is 3. The van der Waals surface area contributed by atoms with Gasteiger partial charge in [-0.1, -0.05) is 18.2 Å². The van der Waals surface area contributed by atoms with Crippen molar-refractivity contribution in [1.29, 1.82) is 0 Å². The molecule has 1 N–H and O–H groups in total. The SMILES string of the molecule is C[C@@H]1CN(C(=O)c2ccccc2)CCN1O. The first-order chi connectivity index (χ1) is 7.68. The molecule has 0 aromatic heterocycles. The van der Waals surface area contributed by atoms with E-state index < -0.39 is 0 Å². The minimum atomic E-state index is 0.00131. The molecule has 1 amide bonds. The number of nitrogens with zero attached hydrogens (tertiary/aromatic N) is 2. The first-order valence-corrected chi connectivity index (χ1v) is 5.48. The molecule has 4 nitrogen and oxygen atoms in total. The van der Waals surface area contributed by atoms with Gasteiger partial charge in [0, 0.05) is 31.2 Å². The number of benzene rings is 1. The zero-order valence-electron chi connectivity index (χ0n) is 9.34. The molecule has 1 saturated heterocycles. The smallest absolute Gasteiger partial charge is 0.253 e. The van der Waals surface area contributed by atoms with Crippen molar-refractivity contribution in [2.75, 3.05) is 19.6 Å². The molecule has 0 bridgehead atoms. The normalized spacial score (nSPS) is 22.1. The van der Waals surface area contributed by atoms with Gasteiger partial charge in [-0.2, -0.15) is 5.06 Å². The van der Waals surface area contributed by atoms with E-state index in [-0.39, 0.29) is 11.9 Å². The topological polar surface area (TPSA) is 43.8 Å². The standard InChI is InChI=1S/C12H16N2O2/c1-10-9-13(7-8-14(10)16)12(15)11-5-3-2-4-6-11/h2-6,10,16H,7-9H2,1H3/t10-/m1/s1. The van der Waals surface area contributed by atoms with Crippen molar-refractivity contribution in [3.05, 3.63) is 35.9 Å². The summed E-state index contributed by atoms with van der Waals surface area (Å²) in [6.45, 7) is 3.57. The van der Waals surface area contributed by atoms with E-state index in [1.165, 1.54) is 5.06 Å². The Kier molecular flexibility index (Phi) is 3.22. The van der Waals surface area contributed by atoms with E-state index in [2.05, 4.69) is 0 Å². The van der Waals surface area contributed by atoms with Crippen LogP contribution in [0.2, 0.25) is 0 Å². The van der Waals surface area contributed by atoms with Crippen molar-refractivity contribution < 1.29 is 10.0 Å². The Morgan fingerprint density at radius 3 is 2.62 bits per heavy atom. The average Bonchev–Trinajstić information content (AvgIpc) is 2.33. The molecule has 1 atom stereocenters. The lowest BCUT2D eigenvalue weighted by Crippen LogP contribution is -2.52. The highest BCUT2D eigenvalue weighted by Crippen LogP contribution is 2.11. The number of hydrogen-bond donors (Lipinski definition) is 1. The van der Waals surface area contributed by atoms with Gasteiger partial charge in [0.05, 0.1) is 0 Å². The van der Waals surface area contributed by atoms with Crippen LogP contribution in [0.25, 0.3) is 0 Å². The third-order valence-electron chi connectivity index (χ3n) is 2.90. The van der Waals surface area contributed by atoms with E-state index in [1.807, 2.05) is 37.3 Å². The highest BCUT2D eigenvalue weighted by atomic mass is 16.5. The van der Waals surface area contributed by atoms with Gasteiger partial charge in [0.2, 0.25) is 0 Å². The Labute approximate surface area is 95.0 Å². The van der Waals surface area contributed by atoms with Gasteiger partial charge in [0.25, 0.3) is 5.91 Å². The Bertz CT molecular complexity index is 367. The van der Waals surface area contributed by atoms with E-state index >= 15 is 0 Å². The fourth-order valence-electron chi connectivity index (χ4n) is 1.90. The van der Waals surface area contributed by atoms with E-state index in [0.29, 0.717) is 25.2 Å². The van der Waals surface area contributed by atoms with Crippen molar-refractivity contribution in [2.24, 2.45) is 0 Å². The maximum Gasteiger partial charge on any atom is 0.253 e. The number of piperazine rings is 1. The Hall–Kier alpha value is -1.39. The number of carbonyl (C=O) groups excluding carboxylic acids is 1. The predicted molar refractivity (Wildman–Crippen MR) is 60.3 cm³/mol. The lowest BCUT2D eigenvalue weighted by atomic mass is 10.1.